The zero-order valence-corrected chi connectivity index (χ0v) is 11.9. The van der Waals surface area contributed by atoms with Crippen molar-refractivity contribution in [3.8, 4) is 0 Å². The molecule has 0 radical (unpaired) electrons. The lowest BCUT2D eigenvalue weighted by molar-refractivity contribution is -0.140. The van der Waals surface area contributed by atoms with Gasteiger partial charge in [0, 0.05) is 26.2 Å². The molecule has 0 saturated carbocycles. The maximum absolute atomic E-state index is 12.5. The standard InChI is InChI=1S/C14H26N2O3/c1-12(16-8-9-19-13(10-16)11-17)14(18)15-6-4-2-3-5-7-15/h12-13,17H,2-11H2,1H3. The maximum Gasteiger partial charge on any atom is 0.239 e. The van der Waals surface area contributed by atoms with Crippen molar-refractivity contribution in [2.24, 2.45) is 0 Å². The Morgan fingerprint density at radius 3 is 2.58 bits per heavy atom. The van der Waals surface area contributed by atoms with Gasteiger partial charge in [-0.1, -0.05) is 12.8 Å². The molecule has 0 aromatic carbocycles. The first-order valence-electron chi connectivity index (χ1n) is 7.47. The number of ether oxygens (including phenoxy) is 1. The third kappa shape index (κ3) is 3.91. The second-order valence-corrected chi connectivity index (χ2v) is 5.59. The largest absolute Gasteiger partial charge is 0.394 e. The van der Waals surface area contributed by atoms with Crippen LogP contribution in [-0.4, -0.2) is 72.4 Å². The van der Waals surface area contributed by atoms with Gasteiger partial charge < -0.3 is 14.7 Å². The number of morpholine rings is 1. The highest BCUT2D eigenvalue weighted by Crippen LogP contribution is 2.15. The number of amides is 1. The van der Waals surface area contributed by atoms with E-state index in [0.717, 1.165) is 32.5 Å². The van der Waals surface area contributed by atoms with Gasteiger partial charge in [-0.2, -0.15) is 0 Å². The SMILES string of the molecule is CC(C(=O)N1CCCCCC1)N1CCOC(CO)C1. The lowest BCUT2D eigenvalue weighted by Gasteiger charge is -2.37. The molecule has 2 rings (SSSR count). The molecule has 2 aliphatic heterocycles. The zero-order chi connectivity index (χ0) is 13.7. The molecule has 0 spiro atoms. The van der Waals surface area contributed by atoms with Crippen LogP contribution in [0.3, 0.4) is 0 Å². The van der Waals surface area contributed by atoms with Crippen LogP contribution in [-0.2, 0) is 9.53 Å². The molecule has 5 nitrogen and oxygen atoms in total. The van der Waals surface area contributed by atoms with E-state index in [1.165, 1.54) is 12.8 Å². The Morgan fingerprint density at radius 2 is 1.95 bits per heavy atom. The van der Waals surface area contributed by atoms with Crippen molar-refractivity contribution in [1.82, 2.24) is 9.80 Å². The maximum atomic E-state index is 12.5. The Balaban J connectivity index is 1.89. The van der Waals surface area contributed by atoms with E-state index in [0.29, 0.717) is 13.2 Å². The Morgan fingerprint density at radius 1 is 1.26 bits per heavy atom. The van der Waals surface area contributed by atoms with Crippen molar-refractivity contribution in [3.63, 3.8) is 0 Å². The quantitative estimate of drug-likeness (QED) is 0.810. The van der Waals surface area contributed by atoms with E-state index >= 15 is 0 Å². The highest BCUT2D eigenvalue weighted by molar-refractivity contribution is 5.81. The van der Waals surface area contributed by atoms with Crippen LogP contribution >= 0.6 is 0 Å². The second kappa shape index (κ2) is 7.22. The number of nitrogens with zero attached hydrogens (tertiary/aromatic N) is 2. The molecular formula is C14H26N2O3. The van der Waals surface area contributed by atoms with Crippen molar-refractivity contribution in [2.75, 3.05) is 39.4 Å². The first-order valence-corrected chi connectivity index (χ1v) is 7.47. The topological polar surface area (TPSA) is 53.0 Å². The highest BCUT2D eigenvalue weighted by atomic mass is 16.5. The van der Waals surface area contributed by atoms with Gasteiger partial charge in [-0.3, -0.25) is 9.69 Å². The molecule has 2 aliphatic rings. The monoisotopic (exact) mass is 270 g/mol. The van der Waals surface area contributed by atoms with Gasteiger partial charge in [0.2, 0.25) is 5.91 Å². The van der Waals surface area contributed by atoms with Crippen molar-refractivity contribution in [2.45, 2.75) is 44.8 Å². The molecule has 0 aliphatic carbocycles. The average Bonchev–Trinajstić information content (AvgIpc) is 2.75. The lowest BCUT2D eigenvalue weighted by Crippen LogP contribution is -2.53. The molecule has 19 heavy (non-hydrogen) atoms. The minimum Gasteiger partial charge on any atom is -0.394 e. The molecule has 0 bridgehead atoms. The fourth-order valence-electron chi connectivity index (χ4n) is 2.92. The Hall–Kier alpha value is -0.650. The predicted molar refractivity (Wildman–Crippen MR) is 72.9 cm³/mol. The van der Waals surface area contributed by atoms with Gasteiger partial charge in [0.1, 0.15) is 0 Å². The minimum atomic E-state index is -0.145. The molecule has 2 fully saturated rings. The van der Waals surface area contributed by atoms with Crippen LogP contribution in [0.4, 0.5) is 0 Å². The summed E-state index contributed by atoms with van der Waals surface area (Å²) < 4.78 is 5.44. The van der Waals surface area contributed by atoms with E-state index < -0.39 is 0 Å². The van der Waals surface area contributed by atoms with Gasteiger partial charge in [-0.25, -0.2) is 0 Å². The van der Waals surface area contributed by atoms with Crippen LogP contribution in [0.5, 0.6) is 0 Å². The zero-order valence-electron chi connectivity index (χ0n) is 11.9. The van der Waals surface area contributed by atoms with E-state index in [2.05, 4.69) is 4.90 Å². The van der Waals surface area contributed by atoms with Crippen LogP contribution in [0.15, 0.2) is 0 Å². The number of rotatable bonds is 3. The second-order valence-electron chi connectivity index (χ2n) is 5.59. The molecule has 2 unspecified atom stereocenters. The Bertz CT molecular complexity index is 290. The van der Waals surface area contributed by atoms with Gasteiger partial charge >= 0.3 is 0 Å². The number of carbonyl (C=O) groups excluding carboxylic acids is 1. The molecule has 5 heteroatoms. The van der Waals surface area contributed by atoms with Gasteiger partial charge in [-0.15, -0.1) is 0 Å². The van der Waals surface area contributed by atoms with Crippen LogP contribution in [0.25, 0.3) is 0 Å². The van der Waals surface area contributed by atoms with Gasteiger partial charge in [0.25, 0.3) is 0 Å². The molecule has 1 amide bonds. The van der Waals surface area contributed by atoms with E-state index in [1.807, 2.05) is 11.8 Å². The number of hydrogen-bond donors (Lipinski definition) is 1. The van der Waals surface area contributed by atoms with E-state index in [4.69, 9.17) is 9.84 Å². The molecule has 2 saturated heterocycles. The van der Waals surface area contributed by atoms with Gasteiger partial charge in [-0.05, 0) is 19.8 Å². The summed E-state index contributed by atoms with van der Waals surface area (Å²) in [6, 6.07) is -0.101. The van der Waals surface area contributed by atoms with Crippen LogP contribution in [0.1, 0.15) is 32.6 Å². The number of aliphatic hydroxyl groups is 1. The van der Waals surface area contributed by atoms with Crippen molar-refractivity contribution >= 4 is 5.91 Å². The van der Waals surface area contributed by atoms with E-state index in [-0.39, 0.29) is 24.7 Å². The van der Waals surface area contributed by atoms with E-state index in [9.17, 15) is 4.79 Å². The third-order valence-electron chi connectivity index (χ3n) is 4.20. The normalized spacial score (nSPS) is 27.9. The summed E-state index contributed by atoms with van der Waals surface area (Å²) >= 11 is 0. The first kappa shape index (κ1) is 14.8. The highest BCUT2D eigenvalue weighted by Gasteiger charge is 2.30. The summed E-state index contributed by atoms with van der Waals surface area (Å²) in [5.41, 5.74) is 0. The molecule has 110 valence electrons. The van der Waals surface area contributed by atoms with Crippen molar-refractivity contribution in [3.05, 3.63) is 0 Å². The summed E-state index contributed by atoms with van der Waals surface area (Å²) in [5, 5.41) is 9.17. The molecule has 2 heterocycles. The fourth-order valence-corrected chi connectivity index (χ4v) is 2.92. The van der Waals surface area contributed by atoms with Gasteiger partial charge in [0.15, 0.2) is 0 Å². The summed E-state index contributed by atoms with van der Waals surface area (Å²) in [6.07, 6.45) is 4.58. The summed E-state index contributed by atoms with van der Waals surface area (Å²) in [4.78, 5) is 16.7. The minimum absolute atomic E-state index is 0.0289. The number of likely N-dealkylation sites (tertiary alicyclic amines) is 1. The number of carbonyl (C=O) groups is 1. The molecule has 2 atom stereocenters. The predicted octanol–water partition coefficient (Wildman–Crippen LogP) is 0.471. The summed E-state index contributed by atoms with van der Waals surface area (Å²) in [7, 11) is 0. The van der Waals surface area contributed by atoms with Crippen LogP contribution in [0, 0.1) is 0 Å². The molecule has 0 aromatic rings. The Kier molecular flexibility index (Phi) is 5.60. The first-order chi connectivity index (χ1) is 9.22. The van der Waals surface area contributed by atoms with Gasteiger partial charge in [0.05, 0.1) is 25.4 Å². The molecule has 0 aromatic heterocycles. The summed E-state index contributed by atoms with van der Waals surface area (Å²) in [5.74, 6) is 0.237. The lowest BCUT2D eigenvalue weighted by atomic mass is 10.2. The van der Waals surface area contributed by atoms with Crippen LogP contribution in [0.2, 0.25) is 0 Å². The average molecular weight is 270 g/mol. The van der Waals surface area contributed by atoms with E-state index in [1.54, 1.807) is 0 Å². The number of hydrogen-bond acceptors (Lipinski definition) is 4. The number of aliphatic hydroxyl groups excluding tert-OH is 1. The third-order valence-corrected chi connectivity index (χ3v) is 4.20. The smallest absolute Gasteiger partial charge is 0.239 e. The van der Waals surface area contributed by atoms with Crippen molar-refractivity contribution in [1.29, 1.82) is 0 Å². The summed E-state index contributed by atoms with van der Waals surface area (Å²) in [6.45, 7) is 5.83. The van der Waals surface area contributed by atoms with Crippen molar-refractivity contribution < 1.29 is 14.6 Å². The molecular weight excluding hydrogens is 244 g/mol. The fraction of sp³-hybridized carbons (Fsp3) is 0.929. The van der Waals surface area contributed by atoms with Crippen LogP contribution < -0.4 is 0 Å². The molecule has 1 N–H and O–H groups in total. The Labute approximate surface area is 115 Å².